The van der Waals surface area contributed by atoms with E-state index in [4.69, 9.17) is 17.3 Å². The fourth-order valence-electron chi connectivity index (χ4n) is 1.52. The first kappa shape index (κ1) is 15.1. The average Bonchev–Trinajstić information content (AvgIpc) is 2.36. The highest BCUT2D eigenvalue weighted by atomic mass is 79.9. The van der Waals surface area contributed by atoms with E-state index in [2.05, 4.69) is 20.7 Å². The van der Waals surface area contributed by atoms with Gasteiger partial charge < -0.3 is 5.73 Å². The summed E-state index contributed by atoms with van der Waals surface area (Å²) in [6, 6.07) is 7.75. The Hall–Kier alpha value is -1.31. The lowest BCUT2D eigenvalue weighted by atomic mass is 10.3. The monoisotopic (exact) mass is 378 g/mol. The van der Waals surface area contributed by atoms with E-state index >= 15 is 0 Å². The SMILES string of the molecule is Nc1ccc(Cl)cc1S(=O)(=O)Nc1cc(F)ccc1Br. The molecule has 0 spiro atoms. The van der Waals surface area contributed by atoms with Gasteiger partial charge in [0.25, 0.3) is 10.0 Å². The molecule has 2 aromatic carbocycles. The van der Waals surface area contributed by atoms with Gasteiger partial charge in [0.15, 0.2) is 0 Å². The molecule has 0 fully saturated rings. The standard InChI is InChI=1S/C12H9BrClFN2O2S/c13-9-3-2-8(15)6-11(9)17-20(18,19)12-5-7(14)1-4-10(12)16/h1-6,17H,16H2. The molecule has 4 nitrogen and oxygen atoms in total. The molecule has 20 heavy (non-hydrogen) atoms. The van der Waals surface area contributed by atoms with E-state index in [-0.39, 0.29) is 21.3 Å². The number of hydrogen-bond donors (Lipinski definition) is 2. The summed E-state index contributed by atoms with van der Waals surface area (Å²) in [5.74, 6) is -0.565. The molecule has 0 saturated heterocycles. The van der Waals surface area contributed by atoms with Gasteiger partial charge in [-0.2, -0.15) is 0 Å². The van der Waals surface area contributed by atoms with Crippen LogP contribution in [0.2, 0.25) is 5.02 Å². The van der Waals surface area contributed by atoms with Crippen molar-refractivity contribution in [3.05, 3.63) is 51.7 Å². The number of rotatable bonds is 3. The quantitative estimate of drug-likeness (QED) is 0.800. The van der Waals surface area contributed by atoms with Crippen molar-refractivity contribution in [2.45, 2.75) is 4.90 Å². The second-order valence-corrected chi connectivity index (χ2v) is 6.85. The van der Waals surface area contributed by atoms with Crippen molar-refractivity contribution < 1.29 is 12.8 Å². The van der Waals surface area contributed by atoms with Crippen LogP contribution in [-0.4, -0.2) is 8.42 Å². The molecule has 0 radical (unpaired) electrons. The van der Waals surface area contributed by atoms with Gasteiger partial charge in [-0.15, -0.1) is 0 Å². The summed E-state index contributed by atoms with van der Waals surface area (Å²) in [4.78, 5) is -0.166. The number of nitrogen functional groups attached to an aromatic ring is 1. The zero-order chi connectivity index (χ0) is 14.9. The molecular formula is C12H9BrClFN2O2S. The minimum absolute atomic E-state index is 0.0504. The van der Waals surface area contributed by atoms with E-state index in [1.807, 2.05) is 0 Å². The summed E-state index contributed by atoms with van der Waals surface area (Å²) in [6.07, 6.45) is 0. The van der Waals surface area contributed by atoms with Crippen LogP contribution < -0.4 is 10.5 Å². The summed E-state index contributed by atoms with van der Waals surface area (Å²) in [5, 5.41) is 0.234. The molecule has 0 amide bonds. The molecule has 0 atom stereocenters. The first-order chi connectivity index (χ1) is 9.29. The number of hydrogen-bond acceptors (Lipinski definition) is 3. The van der Waals surface area contributed by atoms with E-state index in [1.54, 1.807) is 0 Å². The number of benzene rings is 2. The Morgan fingerprint density at radius 1 is 1.20 bits per heavy atom. The smallest absolute Gasteiger partial charge is 0.264 e. The normalized spacial score (nSPS) is 11.3. The molecule has 0 saturated carbocycles. The van der Waals surface area contributed by atoms with Crippen molar-refractivity contribution in [2.75, 3.05) is 10.5 Å². The molecule has 0 aromatic heterocycles. The summed E-state index contributed by atoms with van der Waals surface area (Å²) in [5.41, 5.74) is 5.76. The molecular weight excluding hydrogens is 371 g/mol. The van der Waals surface area contributed by atoms with Crippen LogP contribution in [0.15, 0.2) is 45.8 Å². The maximum atomic E-state index is 13.2. The van der Waals surface area contributed by atoms with Gasteiger partial charge in [-0.3, -0.25) is 4.72 Å². The number of halogens is 3. The van der Waals surface area contributed by atoms with Crippen LogP contribution in [-0.2, 0) is 10.0 Å². The molecule has 0 aliphatic carbocycles. The predicted molar refractivity (Wildman–Crippen MR) is 80.8 cm³/mol. The molecule has 8 heteroatoms. The lowest BCUT2D eigenvalue weighted by molar-refractivity contribution is 0.601. The lowest BCUT2D eigenvalue weighted by Crippen LogP contribution is -2.15. The minimum Gasteiger partial charge on any atom is -0.398 e. The molecule has 0 bridgehead atoms. The Labute approximate surface area is 128 Å². The molecule has 0 aliphatic heterocycles. The third-order valence-electron chi connectivity index (χ3n) is 2.44. The van der Waals surface area contributed by atoms with E-state index in [0.717, 1.165) is 6.07 Å². The Kier molecular flexibility index (Phi) is 4.22. The number of nitrogens with one attached hydrogen (secondary N) is 1. The first-order valence-electron chi connectivity index (χ1n) is 5.32. The Balaban J connectivity index is 2.46. The molecule has 0 aliphatic rings. The average molecular weight is 380 g/mol. The maximum Gasteiger partial charge on any atom is 0.264 e. The van der Waals surface area contributed by atoms with E-state index in [0.29, 0.717) is 4.47 Å². The van der Waals surface area contributed by atoms with Crippen molar-refractivity contribution >= 4 is 48.9 Å². The van der Waals surface area contributed by atoms with Crippen molar-refractivity contribution in [3.63, 3.8) is 0 Å². The summed E-state index contributed by atoms with van der Waals surface area (Å²) < 4.78 is 40.3. The molecule has 0 unspecified atom stereocenters. The number of nitrogens with two attached hydrogens (primary N) is 1. The fraction of sp³-hybridized carbons (Fsp3) is 0. The van der Waals surface area contributed by atoms with Gasteiger partial charge in [0.05, 0.1) is 11.4 Å². The largest absolute Gasteiger partial charge is 0.398 e. The Morgan fingerprint density at radius 2 is 1.90 bits per heavy atom. The van der Waals surface area contributed by atoms with E-state index in [9.17, 15) is 12.8 Å². The van der Waals surface area contributed by atoms with Crippen LogP contribution in [0.5, 0.6) is 0 Å². The van der Waals surface area contributed by atoms with Crippen LogP contribution in [0.25, 0.3) is 0 Å². The van der Waals surface area contributed by atoms with Gasteiger partial charge in [0.1, 0.15) is 10.7 Å². The van der Waals surface area contributed by atoms with Gasteiger partial charge in [-0.1, -0.05) is 11.6 Å². The van der Waals surface area contributed by atoms with Crippen LogP contribution in [0, 0.1) is 5.82 Å². The van der Waals surface area contributed by atoms with Gasteiger partial charge in [0.2, 0.25) is 0 Å². The highest BCUT2D eigenvalue weighted by Crippen LogP contribution is 2.28. The first-order valence-corrected chi connectivity index (χ1v) is 7.98. The molecule has 3 N–H and O–H groups in total. The second-order valence-electron chi connectivity index (χ2n) is 3.91. The van der Waals surface area contributed by atoms with E-state index < -0.39 is 15.8 Å². The fourth-order valence-corrected chi connectivity index (χ4v) is 3.46. The molecule has 0 heterocycles. The second kappa shape index (κ2) is 5.59. The van der Waals surface area contributed by atoms with Crippen LogP contribution in [0.4, 0.5) is 15.8 Å². The van der Waals surface area contributed by atoms with Crippen LogP contribution in [0.3, 0.4) is 0 Å². The Bertz CT molecular complexity index is 768. The zero-order valence-electron chi connectivity index (χ0n) is 9.90. The van der Waals surface area contributed by atoms with E-state index in [1.165, 1.54) is 30.3 Å². The van der Waals surface area contributed by atoms with Crippen molar-refractivity contribution in [1.29, 1.82) is 0 Å². The topological polar surface area (TPSA) is 72.2 Å². The maximum absolute atomic E-state index is 13.2. The predicted octanol–water partition coefficient (Wildman–Crippen LogP) is 3.62. The third kappa shape index (κ3) is 3.23. The van der Waals surface area contributed by atoms with Gasteiger partial charge in [-0.05, 0) is 52.3 Å². The van der Waals surface area contributed by atoms with Crippen molar-refractivity contribution in [3.8, 4) is 0 Å². The van der Waals surface area contributed by atoms with Gasteiger partial charge in [0, 0.05) is 9.50 Å². The van der Waals surface area contributed by atoms with Crippen LogP contribution >= 0.6 is 27.5 Å². The summed E-state index contributed by atoms with van der Waals surface area (Å²) >= 11 is 8.90. The summed E-state index contributed by atoms with van der Waals surface area (Å²) in [7, 11) is -3.96. The third-order valence-corrected chi connectivity index (χ3v) is 4.79. The highest BCUT2D eigenvalue weighted by Gasteiger charge is 2.19. The van der Waals surface area contributed by atoms with Crippen molar-refractivity contribution in [2.24, 2.45) is 0 Å². The molecule has 2 aromatic rings. The summed E-state index contributed by atoms with van der Waals surface area (Å²) in [6.45, 7) is 0. The van der Waals surface area contributed by atoms with Crippen molar-refractivity contribution in [1.82, 2.24) is 0 Å². The molecule has 2 rings (SSSR count). The Morgan fingerprint density at radius 3 is 2.60 bits per heavy atom. The molecule has 106 valence electrons. The minimum atomic E-state index is -3.96. The van der Waals surface area contributed by atoms with Crippen LogP contribution in [0.1, 0.15) is 0 Å². The van der Waals surface area contributed by atoms with Gasteiger partial charge in [-0.25, -0.2) is 12.8 Å². The van der Waals surface area contributed by atoms with Gasteiger partial charge >= 0.3 is 0 Å². The number of sulfonamides is 1. The lowest BCUT2D eigenvalue weighted by Gasteiger charge is -2.11. The number of anilines is 2. The highest BCUT2D eigenvalue weighted by molar-refractivity contribution is 9.10. The zero-order valence-corrected chi connectivity index (χ0v) is 13.1.